The molecule has 0 aliphatic heterocycles. The molecule has 2 heteroatoms. The van der Waals surface area contributed by atoms with E-state index in [-0.39, 0.29) is 18.6 Å². The van der Waals surface area contributed by atoms with E-state index in [4.69, 9.17) is 5.11 Å². The van der Waals surface area contributed by atoms with Crippen LogP contribution in [0, 0.1) is 5.92 Å². The minimum atomic E-state index is -0.355. The lowest BCUT2D eigenvalue weighted by molar-refractivity contribution is 0.0640. The van der Waals surface area contributed by atoms with E-state index in [1.54, 1.807) is 0 Å². The molecule has 0 bridgehead atoms. The van der Waals surface area contributed by atoms with Crippen LogP contribution < -0.4 is 0 Å². The summed E-state index contributed by atoms with van der Waals surface area (Å²) in [6, 6.07) is 0. The summed E-state index contributed by atoms with van der Waals surface area (Å²) < 4.78 is 0. The molecule has 0 amide bonds. The van der Waals surface area contributed by atoms with Crippen molar-refractivity contribution in [3.63, 3.8) is 0 Å². The van der Waals surface area contributed by atoms with Gasteiger partial charge in [-0.1, -0.05) is 12.2 Å². The van der Waals surface area contributed by atoms with E-state index in [2.05, 4.69) is 6.58 Å². The fraction of sp³-hybridized carbons (Fsp3) is 0.750. The Hall–Kier alpha value is -0.340. The number of aliphatic hydroxyl groups excluding tert-OH is 2. The van der Waals surface area contributed by atoms with Gasteiger partial charge in [0.2, 0.25) is 0 Å². The summed E-state index contributed by atoms with van der Waals surface area (Å²) in [6.07, 6.45) is 2.43. The lowest BCUT2D eigenvalue weighted by Crippen LogP contribution is -2.28. The summed E-state index contributed by atoms with van der Waals surface area (Å²) in [5, 5.41) is 18.1. The topological polar surface area (TPSA) is 40.5 Å². The SMILES string of the molecule is C=C1CCCC(O)C1CO. The van der Waals surface area contributed by atoms with Gasteiger partial charge in [-0.15, -0.1) is 0 Å². The van der Waals surface area contributed by atoms with Crippen molar-refractivity contribution >= 4 is 0 Å². The number of hydrogen-bond donors (Lipinski definition) is 2. The minimum absolute atomic E-state index is 0.0417. The summed E-state index contributed by atoms with van der Waals surface area (Å²) in [5.41, 5.74) is 1.00. The Bertz CT molecular complexity index is 131. The molecule has 1 saturated carbocycles. The zero-order valence-corrected chi connectivity index (χ0v) is 6.08. The second-order valence-electron chi connectivity index (χ2n) is 2.91. The van der Waals surface area contributed by atoms with E-state index >= 15 is 0 Å². The predicted octanol–water partition coefficient (Wildman–Crippen LogP) is 0.696. The van der Waals surface area contributed by atoms with Gasteiger partial charge < -0.3 is 10.2 Å². The summed E-state index contributed by atoms with van der Waals surface area (Å²) in [4.78, 5) is 0. The number of hydrogen-bond acceptors (Lipinski definition) is 2. The molecule has 2 nitrogen and oxygen atoms in total. The lowest BCUT2D eigenvalue weighted by Gasteiger charge is -2.27. The molecule has 1 aliphatic rings. The molecule has 0 aromatic rings. The molecule has 2 atom stereocenters. The molecular formula is C8H14O2. The van der Waals surface area contributed by atoms with Gasteiger partial charge in [-0.05, 0) is 19.3 Å². The summed E-state index contributed by atoms with van der Waals surface area (Å²) in [5.74, 6) is -0.0613. The van der Waals surface area contributed by atoms with Crippen LogP contribution in [0.1, 0.15) is 19.3 Å². The van der Waals surface area contributed by atoms with E-state index in [1.807, 2.05) is 0 Å². The maximum atomic E-state index is 9.32. The average Bonchev–Trinajstić information content (AvgIpc) is 1.88. The molecule has 58 valence electrons. The molecule has 2 N–H and O–H groups in total. The van der Waals surface area contributed by atoms with Gasteiger partial charge in [-0.3, -0.25) is 0 Å². The van der Waals surface area contributed by atoms with Gasteiger partial charge in [0.15, 0.2) is 0 Å². The largest absolute Gasteiger partial charge is 0.396 e. The Morgan fingerprint density at radius 3 is 2.70 bits per heavy atom. The summed E-state index contributed by atoms with van der Waals surface area (Å²) >= 11 is 0. The summed E-state index contributed by atoms with van der Waals surface area (Å²) in [6.45, 7) is 3.84. The zero-order chi connectivity index (χ0) is 7.56. The fourth-order valence-corrected chi connectivity index (χ4v) is 1.45. The predicted molar refractivity (Wildman–Crippen MR) is 39.6 cm³/mol. The molecule has 0 spiro atoms. The maximum Gasteiger partial charge on any atom is 0.0627 e. The van der Waals surface area contributed by atoms with Crippen molar-refractivity contribution in [3.8, 4) is 0 Å². The van der Waals surface area contributed by atoms with Gasteiger partial charge in [-0.2, -0.15) is 0 Å². The average molecular weight is 142 g/mol. The maximum absolute atomic E-state index is 9.32. The van der Waals surface area contributed by atoms with Crippen LogP contribution in [0.25, 0.3) is 0 Å². The van der Waals surface area contributed by atoms with E-state index in [0.717, 1.165) is 24.8 Å². The lowest BCUT2D eigenvalue weighted by atomic mass is 9.83. The van der Waals surface area contributed by atoms with Crippen molar-refractivity contribution in [1.82, 2.24) is 0 Å². The molecule has 0 radical (unpaired) electrons. The Labute approximate surface area is 61.2 Å². The zero-order valence-electron chi connectivity index (χ0n) is 6.08. The Kier molecular flexibility index (Phi) is 2.46. The molecule has 0 heterocycles. The third kappa shape index (κ3) is 1.39. The van der Waals surface area contributed by atoms with Crippen LogP contribution in [-0.4, -0.2) is 22.9 Å². The van der Waals surface area contributed by atoms with E-state index in [9.17, 15) is 5.11 Å². The van der Waals surface area contributed by atoms with Crippen LogP contribution in [0.5, 0.6) is 0 Å². The number of rotatable bonds is 1. The van der Waals surface area contributed by atoms with Crippen LogP contribution in [-0.2, 0) is 0 Å². The smallest absolute Gasteiger partial charge is 0.0627 e. The molecule has 1 rings (SSSR count). The number of aliphatic hydroxyl groups is 2. The highest BCUT2D eigenvalue weighted by Gasteiger charge is 2.24. The first kappa shape index (κ1) is 7.76. The first-order chi connectivity index (χ1) is 4.75. The van der Waals surface area contributed by atoms with E-state index < -0.39 is 0 Å². The Balaban J connectivity index is 2.53. The van der Waals surface area contributed by atoms with Gasteiger partial charge in [0.05, 0.1) is 12.7 Å². The van der Waals surface area contributed by atoms with Crippen LogP contribution in [0.2, 0.25) is 0 Å². The van der Waals surface area contributed by atoms with Crippen molar-refractivity contribution in [2.24, 2.45) is 5.92 Å². The van der Waals surface area contributed by atoms with Crippen molar-refractivity contribution in [2.45, 2.75) is 25.4 Å². The van der Waals surface area contributed by atoms with Gasteiger partial charge in [0.25, 0.3) is 0 Å². The van der Waals surface area contributed by atoms with Crippen LogP contribution in [0.15, 0.2) is 12.2 Å². The molecule has 0 aromatic carbocycles. The van der Waals surface area contributed by atoms with Gasteiger partial charge >= 0.3 is 0 Å². The van der Waals surface area contributed by atoms with Crippen molar-refractivity contribution in [1.29, 1.82) is 0 Å². The van der Waals surface area contributed by atoms with Crippen molar-refractivity contribution < 1.29 is 10.2 Å². The quantitative estimate of drug-likeness (QED) is 0.529. The highest BCUT2D eigenvalue weighted by atomic mass is 16.3. The van der Waals surface area contributed by atoms with Crippen LogP contribution in [0.4, 0.5) is 0 Å². The first-order valence-corrected chi connectivity index (χ1v) is 3.72. The highest BCUT2D eigenvalue weighted by molar-refractivity contribution is 5.06. The second kappa shape index (κ2) is 3.17. The van der Waals surface area contributed by atoms with Gasteiger partial charge in [0.1, 0.15) is 0 Å². The molecule has 2 unspecified atom stereocenters. The molecular weight excluding hydrogens is 128 g/mol. The Morgan fingerprint density at radius 1 is 1.60 bits per heavy atom. The normalized spacial score (nSPS) is 34.4. The fourth-order valence-electron chi connectivity index (χ4n) is 1.45. The van der Waals surface area contributed by atoms with Gasteiger partial charge in [-0.25, -0.2) is 0 Å². The van der Waals surface area contributed by atoms with Gasteiger partial charge in [0, 0.05) is 5.92 Å². The molecule has 0 aromatic heterocycles. The second-order valence-corrected chi connectivity index (χ2v) is 2.91. The van der Waals surface area contributed by atoms with E-state index in [1.165, 1.54) is 0 Å². The Morgan fingerprint density at radius 2 is 2.30 bits per heavy atom. The third-order valence-corrected chi connectivity index (χ3v) is 2.18. The molecule has 1 fully saturated rings. The highest BCUT2D eigenvalue weighted by Crippen LogP contribution is 2.27. The first-order valence-electron chi connectivity index (χ1n) is 3.72. The van der Waals surface area contributed by atoms with E-state index in [0.29, 0.717) is 0 Å². The van der Waals surface area contributed by atoms with Crippen molar-refractivity contribution in [2.75, 3.05) is 6.61 Å². The summed E-state index contributed by atoms with van der Waals surface area (Å²) in [7, 11) is 0. The van der Waals surface area contributed by atoms with Crippen LogP contribution >= 0.6 is 0 Å². The minimum Gasteiger partial charge on any atom is -0.396 e. The monoisotopic (exact) mass is 142 g/mol. The molecule has 10 heavy (non-hydrogen) atoms. The molecule has 1 aliphatic carbocycles. The van der Waals surface area contributed by atoms with Crippen LogP contribution in [0.3, 0.4) is 0 Å². The standard InChI is InChI=1S/C8H14O2/c1-6-3-2-4-8(10)7(6)5-9/h7-10H,1-5H2. The third-order valence-electron chi connectivity index (χ3n) is 2.18. The molecule has 0 saturated heterocycles. The van der Waals surface area contributed by atoms with Crippen molar-refractivity contribution in [3.05, 3.63) is 12.2 Å².